The molecular formula is C17H12O2. The molecule has 0 radical (unpaired) electrons. The van der Waals surface area contributed by atoms with Crippen molar-refractivity contribution in [2.45, 2.75) is 6.29 Å². The van der Waals surface area contributed by atoms with E-state index in [4.69, 9.17) is 9.47 Å². The van der Waals surface area contributed by atoms with Gasteiger partial charge in [0, 0.05) is 10.9 Å². The van der Waals surface area contributed by atoms with Crippen LogP contribution in [0, 0.1) is 0 Å². The molecule has 0 amide bonds. The molecule has 3 aromatic rings. The maximum absolute atomic E-state index is 5.98. The van der Waals surface area contributed by atoms with Crippen LogP contribution in [0.2, 0.25) is 0 Å². The van der Waals surface area contributed by atoms with Gasteiger partial charge < -0.3 is 9.47 Å². The number of fused-ring (bicyclic) bond motifs is 3. The van der Waals surface area contributed by atoms with Gasteiger partial charge in [0.25, 0.3) is 6.29 Å². The summed E-state index contributed by atoms with van der Waals surface area (Å²) < 4.78 is 11.9. The van der Waals surface area contributed by atoms with Gasteiger partial charge in [-0.3, -0.25) is 0 Å². The Hall–Kier alpha value is -2.48. The second kappa shape index (κ2) is 4.02. The highest BCUT2D eigenvalue weighted by atomic mass is 16.7. The second-order valence-electron chi connectivity index (χ2n) is 4.59. The van der Waals surface area contributed by atoms with Crippen molar-refractivity contribution in [2.75, 3.05) is 0 Å². The van der Waals surface area contributed by atoms with Crippen molar-refractivity contribution in [3.63, 3.8) is 0 Å². The normalized spacial score (nSPS) is 16.7. The van der Waals surface area contributed by atoms with Crippen LogP contribution >= 0.6 is 0 Å². The van der Waals surface area contributed by atoms with Crippen LogP contribution < -0.4 is 9.47 Å². The molecule has 0 spiro atoms. The lowest BCUT2D eigenvalue weighted by Gasteiger charge is -2.09. The largest absolute Gasteiger partial charge is 0.447 e. The van der Waals surface area contributed by atoms with Crippen LogP contribution in [-0.2, 0) is 0 Å². The summed E-state index contributed by atoms with van der Waals surface area (Å²) in [5.41, 5.74) is 1.03. The molecule has 2 nitrogen and oxygen atoms in total. The zero-order valence-electron chi connectivity index (χ0n) is 10.2. The average Bonchev–Trinajstić information content (AvgIpc) is 2.93. The van der Waals surface area contributed by atoms with Crippen molar-refractivity contribution in [2.24, 2.45) is 0 Å². The highest BCUT2D eigenvalue weighted by molar-refractivity contribution is 5.91. The molecule has 2 heteroatoms. The van der Waals surface area contributed by atoms with E-state index in [1.165, 1.54) is 5.39 Å². The number of hydrogen-bond acceptors (Lipinski definition) is 2. The maximum Gasteiger partial charge on any atom is 0.268 e. The lowest BCUT2D eigenvalue weighted by Crippen LogP contribution is -2.07. The lowest BCUT2D eigenvalue weighted by atomic mass is 10.1. The fourth-order valence-corrected chi connectivity index (χ4v) is 2.43. The predicted octanol–water partition coefficient (Wildman–Crippen LogP) is 4.31. The first-order valence-corrected chi connectivity index (χ1v) is 6.32. The van der Waals surface area contributed by atoms with E-state index in [0.717, 1.165) is 22.4 Å². The number of benzene rings is 3. The Morgan fingerprint density at radius 1 is 0.684 bits per heavy atom. The van der Waals surface area contributed by atoms with E-state index in [1.54, 1.807) is 0 Å². The molecule has 1 heterocycles. The van der Waals surface area contributed by atoms with Crippen molar-refractivity contribution < 1.29 is 9.47 Å². The Labute approximate surface area is 111 Å². The predicted molar refractivity (Wildman–Crippen MR) is 74.4 cm³/mol. The fourth-order valence-electron chi connectivity index (χ4n) is 2.43. The summed E-state index contributed by atoms with van der Waals surface area (Å²) in [6, 6.07) is 22.2. The summed E-state index contributed by atoms with van der Waals surface area (Å²) in [6.45, 7) is 0. The minimum atomic E-state index is -0.345. The smallest absolute Gasteiger partial charge is 0.268 e. The first-order valence-electron chi connectivity index (χ1n) is 6.32. The van der Waals surface area contributed by atoms with Crippen LogP contribution in [0.3, 0.4) is 0 Å². The monoisotopic (exact) mass is 248 g/mol. The quantitative estimate of drug-likeness (QED) is 0.639. The fraction of sp³-hybridized carbons (Fsp3) is 0.0588. The van der Waals surface area contributed by atoms with Gasteiger partial charge in [0.15, 0.2) is 11.5 Å². The first-order chi connectivity index (χ1) is 9.42. The van der Waals surface area contributed by atoms with Gasteiger partial charge in [0.1, 0.15) is 0 Å². The van der Waals surface area contributed by atoms with Crippen LogP contribution in [0.25, 0.3) is 10.8 Å². The molecule has 92 valence electrons. The average molecular weight is 248 g/mol. The lowest BCUT2D eigenvalue weighted by molar-refractivity contribution is 0.0494. The SMILES string of the molecule is c1ccc(C2Oc3ccc4ccccc4c3O2)cc1. The van der Waals surface area contributed by atoms with E-state index in [1.807, 2.05) is 48.5 Å². The van der Waals surface area contributed by atoms with Crippen LogP contribution in [0.5, 0.6) is 11.5 Å². The van der Waals surface area contributed by atoms with Gasteiger partial charge >= 0.3 is 0 Å². The summed E-state index contributed by atoms with van der Waals surface area (Å²) in [7, 11) is 0. The van der Waals surface area contributed by atoms with Gasteiger partial charge in [-0.2, -0.15) is 0 Å². The molecule has 0 bridgehead atoms. The molecule has 0 aromatic heterocycles. The first kappa shape index (κ1) is 10.4. The standard InChI is InChI=1S/C17H12O2/c1-2-7-13(8-3-1)17-18-15-11-10-12-6-4-5-9-14(12)16(15)19-17/h1-11,17H. The molecular weight excluding hydrogens is 236 g/mol. The third kappa shape index (κ3) is 1.65. The minimum Gasteiger partial charge on any atom is -0.447 e. The maximum atomic E-state index is 5.98. The van der Waals surface area contributed by atoms with E-state index in [9.17, 15) is 0 Å². The number of hydrogen-bond donors (Lipinski definition) is 0. The van der Waals surface area contributed by atoms with Gasteiger partial charge in [-0.15, -0.1) is 0 Å². The summed E-state index contributed by atoms with van der Waals surface area (Å²) >= 11 is 0. The molecule has 19 heavy (non-hydrogen) atoms. The Bertz CT molecular complexity index is 735. The van der Waals surface area contributed by atoms with Crippen molar-refractivity contribution in [1.82, 2.24) is 0 Å². The van der Waals surface area contributed by atoms with Gasteiger partial charge in [-0.25, -0.2) is 0 Å². The summed E-state index contributed by atoms with van der Waals surface area (Å²) in [5, 5.41) is 2.26. The van der Waals surface area contributed by atoms with Gasteiger partial charge in [-0.1, -0.05) is 60.7 Å². The molecule has 1 unspecified atom stereocenters. The van der Waals surface area contributed by atoms with Crippen LogP contribution in [0.1, 0.15) is 11.9 Å². The van der Waals surface area contributed by atoms with E-state index in [-0.39, 0.29) is 6.29 Å². The second-order valence-corrected chi connectivity index (χ2v) is 4.59. The van der Waals surface area contributed by atoms with E-state index >= 15 is 0 Å². The molecule has 0 fully saturated rings. The van der Waals surface area contributed by atoms with Crippen molar-refractivity contribution in [1.29, 1.82) is 0 Å². The van der Waals surface area contributed by atoms with Crippen LogP contribution in [0.15, 0.2) is 66.7 Å². The molecule has 0 N–H and O–H groups in total. The summed E-state index contributed by atoms with van der Waals surface area (Å²) in [5.74, 6) is 1.65. The van der Waals surface area contributed by atoms with Crippen molar-refractivity contribution in [3.8, 4) is 11.5 Å². The summed E-state index contributed by atoms with van der Waals surface area (Å²) in [6.07, 6.45) is -0.345. The molecule has 3 aromatic carbocycles. The van der Waals surface area contributed by atoms with Crippen molar-refractivity contribution in [3.05, 3.63) is 72.3 Å². The van der Waals surface area contributed by atoms with E-state index in [0.29, 0.717) is 0 Å². The van der Waals surface area contributed by atoms with Gasteiger partial charge in [-0.05, 0) is 11.5 Å². The number of ether oxygens (including phenoxy) is 2. The van der Waals surface area contributed by atoms with Crippen LogP contribution in [-0.4, -0.2) is 0 Å². The van der Waals surface area contributed by atoms with Gasteiger partial charge in [0.2, 0.25) is 0 Å². The third-order valence-corrected chi connectivity index (χ3v) is 3.37. The summed E-state index contributed by atoms with van der Waals surface area (Å²) in [4.78, 5) is 0. The highest BCUT2D eigenvalue weighted by Crippen LogP contribution is 2.44. The van der Waals surface area contributed by atoms with Crippen molar-refractivity contribution >= 4 is 10.8 Å². The Morgan fingerprint density at radius 2 is 1.47 bits per heavy atom. The minimum absolute atomic E-state index is 0.345. The van der Waals surface area contributed by atoms with E-state index < -0.39 is 0 Å². The van der Waals surface area contributed by atoms with Crippen LogP contribution in [0.4, 0.5) is 0 Å². The molecule has 1 aliphatic heterocycles. The molecule has 4 rings (SSSR count). The molecule has 0 aliphatic carbocycles. The highest BCUT2D eigenvalue weighted by Gasteiger charge is 2.27. The Morgan fingerprint density at radius 3 is 2.37 bits per heavy atom. The zero-order chi connectivity index (χ0) is 12.7. The Kier molecular flexibility index (Phi) is 2.21. The molecule has 1 atom stereocenters. The number of rotatable bonds is 1. The zero-order valence-corrected chi connectivity index (χ0v) is 10.2. The molecule has 1 aliphatic rings. The molecule has 0 saturated carbocycles. The van der Waals surface area contributed by atoms with Gasteiger partial charge in [0.05, 0.1) is 0 Å². The Balaban J connectivity index is 1.80. The van der Waals surface area contributed by atoms with E-state index in [2.05, 4.69) is 18.2 Å². The topological polar surface area (TPSA) is 18.5 Å². The third-order valence-electron chi connectivity index (χ3n) is 3.37. The molecule has 0 saturated heterocycles.